The molecule has 1 aromatic carbocycles. The number of rotatable bonds is 7. The number of nitrogens with one attached hydrogen (secondary N) is 2. The molecular formula is C17H29N5. The third-order valence-corrected chi connectivity index (χ3v) is 4.02. The monoisotopic (exact) mass is 303 g/mol. The summed E-state index contributed by atoms with van der Waals surface area (Å²) in [4.78, 5) is 4.55. The van der Waals surface area contributed by atoms with Gasteiger partial charge in [-0.2, -0.15) is 0 Å². The van der Waals surface area contributed by atoms with Gasteiger partial charge < -0.3 is 20.5 Å². The molecule has 122 valence electrons. The van der Waals surface area contributed by atoms with E-state index in [0.717, 1.165) is 32.1 Å². The van der Waals surface area contributed by atoms with Crippen LogP contribution in [0.3, 0.4) is 0 Å². The van der Waals surface area contributed by atoms with E-state index in [1.165, 1.54) is 5.56 Å². The standard InChI is InChI=1S/C17H29N5/c1-5-21-13-17(19-22(6-2)14-21)18-12-16(20(3)4)15-10-8-7-9-11-15/h7-11,13,16,18-19H,5-6,12,14H2,1-4H3. The molecule has 0 aliphatic carbocycles. The van der Waals surface area contributed by atoms with Crippen molar-refractivity contribution >= 4 is 0 Å². The van der Waals surface area contributed by atoms with Crippen LogP contribution in [0.1, 0.15) is 25.5 Å². The maximum Gasteiger partial charge on any atom is 0.130 e. The predicted octanol–water partition coefficient (Wildman–Crippen LogP) is 1.80. The van der Waals surface area contributed by atoms with Crippen LogP contribution in [0.2, 0.25) is 0 Å². The molecule has 5 heteroatoms. The average molecular weight is 303 g/mol. The molecule has 0 radical (unpaired) electrons. The Balaban J connectivity index is 2.01. The summed E-state index contributed by atoms with van der Waals surface area (Å²) in [5.41, 5.74) is 4.77. The van der Waals surface area contributed by atoms with Crippen LogP contribution in [0.5, 0.6) is 0 Å². The minimum Gasteiger partial charge on any atom is -0.368 e. The second kappa shape index (κ2) is 8.06. The zero-order valence-electron chi connectivity index (χ0n) is 14.2. The van der Waals surface area contributed by atoms with Crippen molar-refractivity contribution in [2.75, 3.05) is 40.4 Å². The lowest BCUT2D eigenvalue weighted by atomic mass is 10.1. The Labute approximate surface area is 134 Å². The van der Waals surface area contributed by atoms with Gasteiger partial charge in [-0.3, -0.25) is 0 Å². The van der Waals surface area contributed by atoms with Crippen LogP contribution in [0.4, 0.5) is 0 Å². The maximum absolute atomic E-state index is 3.56. The molecule has 0 amide bonds. The summed E-state index contributed by atoms with van der Waals surface area (Å²) in [6.07, 6.45) is 2.17. The number of hydrogen-bond donors (Lipinski definition) is 2. The molecule has 0 fully saturated rings. The zero-order valence-corrected chi connectivity index (χ0v) is 14.2. The summed E-state index contributed by atoms with van der Waals surface area (Å²) in [6.45, 7) is 8.12. The summed E-state index contributed by atoms with van der Waals surface area (Å²) in [7, 11) is 4.25. The van der Waals surface area contributed by atoms with Crippen molar-refractivity contribution in [3.8, 4) is 0 Å². The van der Waals surface area contributed by atoms with Gasteiger partial charge in [-0.1, -0.05) is 37.3 Å². The molecule has 0 aromatic heterocycles. The van der Waals surface area contributed by atoms with Crippen LogP contribution >= 0.6 is 0 Å². The van der Waals surface area contributed by atoms with E-state index in [2.05, 4.69) is 90.0 Å². The lowest BCUT2D eigenvalue weighted by Crippen LogP contribution is -2.51. The summed E-state index contributed by atoms with van der Waals surface area (Å²) in [5, 5.41) is 5.76. The van der Waals surface area contributed by atoms with Gasteiger partial charge in [-0.25, -0.2) is 5.01 Å². The highest BCUT2D eigenvalue weighted by molar-refractivity contribution is 5.19. The fraction of sp³-hybridized carbons (Fsp3) is 0.529. The maximum atomic E-state index is 3.56. The van der Waals surface area contributed by atoms with Crippen molar-refractivity contribution in [3.63, 3.8) is 0 Å². The fourth-order valence-electron chi connectivity index (χ4n) is 2.61. The third kappa shape index (κ3) is 4.39. The fourth-order valence-corrected chi connectivity index (χ4v) is 2.61. The van der Waals surface area contributed by atoms with Gasteiger partial charge in [-0.15, -0.1) is 0 Å². The molecule has 0 spiro atoms. The first kappa shape index (κ1) is 16.6. The Bertz CT molecular complexity index is 471. The highest BCUT2D eigenvalue weighted by Gasteiger charge is 2.17. The van der Waals surface area contributed by atoms with Gasteiger partial charge in [0, 0.05) is 25.8 Å². The Morgan fingerprint density at radius 2 is 1.91 bits per heavy atom. The van der Waals surface area contributed by atoms with Gasteiger partial charge in [0.05, 0.1) is 12.7 Å². The van der Waals surface area contributed by atoms with Crippen molar-refractivity contribution in [2.24, 2.45) is 0 Å². The van der Waals surface area contributed by atoms with E-state index >= 15 is 0 Å². The van der Waals surface area contributed by atoms with Crippen LogP contribution in [0.15, 0.2) is 42.4 Å². The van der Waals surface area contributed by atoms with E-state index in [1.54, 1.807) is 0 Å². The minimum absolute atomic E-state index is 0.343. The molecule has 1 aromatic rings. The zero-order chi connectivity index (χ0) is 15.9. The van der Waals surface area contributed by atoms with Crippen LogP contribution in [-0.2, 0) is 0 Å². The Hall–Kier alpha value is -1.72. The Kier molecular flexibility index (Phi) is 6.10. The normalized spacial score (nSPS) is 17.1. The van der Waals surface area contributed by atoms with Gasteiger partial charge >= 0.3 is 0 Å². The van der Waals surface area contributed by atoms with Gasteiger partial charge in [-0.05, 0) is 26.6 Å². The van der Waals surface area contributed by atoms with Crippen LogP contribution in [-0.4, -0.2) is 55.2 Å². The molecule has 22 heavy (non-hydrogen) atoms. The number of nitrogens with zero attached hydrogens (tertiary/aromatic N) is 3. The number of benzene rings is 1. The number of hydrazine groups is 1. The van der Waals surface area contributed by atoms with Crippen LogP contribution in [0.25, 0.3) is 0 Å². The van der Waals surface area contributed by atoms with Crippen LogP contribution < -0.4 is 10.7 Å². The molecule has 0 bridgehead atoms. The Morgan fingerprint density at radius 1 is 1.18 bits per heavy atom. The first-order valence-electron chi connectivity index (χ1n) is 8.06. The smallest absolute Gasteiger partial charge is 0.130 e. The van der Waals surface area contributed by atoms with E-state index in [9.17, 15) is 0 Å². The van der Waals surface area contributed by atoms with E-state index in [4.69, 9.17) is 0 Å². The van der Waals surface area contributed by atoms with E-state index in [0.29, 0.717) is 6.04 Å². The summed E-state index contributed by atoms with van der Waals surface area (Å²) >= 11 is 0. The van der Waals surface area contributed by atoms with Crippen molar-refractivity contribution in [2.45, 2.75) is 19.9 Å². The molecule has 0 saturated heterocycles. The van der Waals surface area contributed by atoms with Crippen molar-refractivity contribution in [3.05, 3.63) is 47.9 Å². The molecule has 2 rings (SSSR count). The van der Waals surface area contributed by atoms with Gasteiger partial charge in [0.2, 0.25) is 0 Å². The summed E-state index contributed by atoms with van der Waals surface area (Å²) in [6, 6.07) is 11.0. The topological polar surface area (TPSA) is 33.8 Å². The first-order chi connectivity index (χ1) is 10.6. The Morgan fingerprint density at radius 3 is 2.50 bits per heavy atom. The molecule has 1 aliphatic heterocycles. The predicted molar refractivity (Wildman–Crippen MR) is 91.7 cm³/mol. The molecule has 5 nitrogen and oxygen atoms in total. The highest BCUT2D eigenvalue weighted by Crippen LogP contribution is 2.17. The second-order valence-corrected chi connectivity index (χ2v) is 5.83. The molecule has 1 atom stereocenters. The molecule has 1 aliphatic rings. The van der Waals surface area contributed by atoms with E-state index in [1.807, 2.05) is 0 Å². The summed E-state index contributed by atoms with van der Waals surface area (Å²) < 4.78 is 0. The minimum atomic E-state index is 0.343. The average Bonchev–Trinajstić information content (AvgIpc) is 2.55. The summed E-state index contributed by atoms with van der Waals surface area (Å²) in [5.74, 6) is 1.07. The van der Waals surface area contributed by atoms with Crippen molar-refractivity contribution in [1.82, 2.24) is 25.6 Å². The second-order valence-electron chi connectivity index (χ2n) is 5.83. The van der Waals surface area contributed by atoms with Gasteiger partial charge in [0.15, 0.2) is 0 Å². The number of hydrogen-bond acceptors (Lipinski definition) is 5. The van der Waals surface area contributed by atoms with Gasteiger partial charge in [0.25, 0.3) is 0 Å². The van der Waals surface area contributed by atoms with Gasteiger partial charge in [0.1, 0.15) is 5.82 Å². The molecule has 1 heterocycles. The third-order valence-electron chi connectivity index (χ3n) is 4.02. The lowest BCUT2D eigenvalue weighted by Gasteiger charge is -2.36. The SMILES string of the molecule is CCN1C=C(NCC(c2ccccc2)N(C)C)NN(CC)C1. The van der Waals surface area contributed by atoms with E-state index < -0.39 is 0 Å². The molecule has 1 unspecified atom stereocenters. The van der Waals surface area contributed by atoms with E-state index in [-0.39, 0.29) is 0 Å². The lowest BCUT2D eigenvalue weighted by molar-refractivity contribution is 0.109. The number of likely N-dealkylation sites (N-methyl/N-ethyl adjacent to an activating group) is 1. The molecular weight excluding hydrogens is 274 g/mol. The van der Waals surface area contributed by atoms with Crippen molar-refractivity contribution in [1.29, 1.82) is 0 Å². The van der Waals surface area contributed by atoms with Crippen molar-refractivity contribution < 1.29 is 0 Å². The van der Waals surface area contributed by atoms with Crippen LogP contribution in [0, 0.1) is 0 Å². The quantitative estimate of drug-likeness (QED) is 0.803. The largest absolute Gasteiger partial charge is 0.368 e. The molecule has 0 saturated carbocycles. The molecule has 2 N–H and O–H groups in total. The first-order valence-corrected chi connectivity index (χ1v) is 8.06. The highest BCUT2D eigenvalue weighted by atomic mass is 15.6.